The van der Waals surface area contributed by atoms with E-state index in [2.05, 4.69) is 4.98 Å². The van der Waals surface area contributed by atoms with Gasteiger partial charge >= 0.3 is 0 Å². The van der Waals surface area contributed by atoms with Crippen LogP contribution in [0.3, 0.4) is 0 Å². The highest BCUT2D eigenvalue weighted by atomic mass is 16.2. The standard InChI is InChI=1S/C15H15N3O3/c1-8-17-11-4-2-3-10(16)14(11)15(21)18(8)12-6-5-9(19)7-13(12)20/h2-4,12H,5-7,16H2,1H3/i1D,5D,6D2. The number of hydrogen-bond acceptors (Lipinski definition) is 5. The van der Waals surface area contributed by atoms with Crippen molar-refractivity contribution in [1.29, 1.82) is 0 Å². The van der Waals surface area contributed by atoms with Crippen LogP contribution in [0.15, 0.2) is 23.0 Å². The molecule has 0 saturated heterocycles. The van der Waals surface area contributed by atoms with E-state index < -0.39 is 49.3 Å². The van der Waals surface area contributed by atoms with Crippen LogP contribution in [0.5, 0.6) is 0 Å². The van der Waals surface area contributed by atoms with Crippen LogP contribution in [0.1, 0.15) is 36.5 Å². The number of aryl methyl sites for hydroxylation is 1. The number of carbonyl (C=O) groups excluding carboxylic acids is 2. The fourth-order valence-corrected chi connectivity index (χ4v) is 2.38. The molecule has 6 heteroatoms. The zero-order valence-corrected chi connectivity index (χ0v) is 11.0. The quantitative estimate of drug-likeness (QED) is 0.627. The first-order chi connectivity index (χ1) is 11.7. The zero-order valence-electron chi connectivity index (χ0n) is 15.0. The Bertz CT molecular complexity index is 957. The summed E-state index contributed by atoms with van der Waals surface area (Å²) < 4.78 is 32.3. The largest absolute Gasteiger partial charge is 0.398 e. The van der Waals surface area contributed by atoms with E-state index in [-0.39, 0.29) is 22.4 Å². The summed E-state index contributed by atoms with van der Waals surface area (Å²) >= 11 is 0. The van der Waals surface area contributed by atoms with Crippen molar-refractivity contribution in [2.75, 3.05) is 5.73 Å². The van der Waals surface area contributed by atoms with E-state index >= 15 is 0 Å². The smallest absolute Gasteiger partial charge is 0.264 e. The van der Waals surface area contributed by atoms with Crippen LogP contribution < -0.4 is 11.3 Å². The number of ketones is 2. The van der Waals surface area contributed by atoms with Crippen molar-refractivity contribution in [3.05, 3.63) is 34.4 Å². The number of nitrogens with zero attached hydrogens (tertiary/aromatic N) is 2. The maximum Gasteiger partial charge on any atom is 0.264 e. The monoisotopic (exact) mass is 289 g/mol. The van der Waals surface area contributed by atoms with Crippen LogP contribution in [0.2, 0.25) is 0 Å². The Balaban J connectivity index is 2.36. The van der Waals surface area contributed by atoms with E-state index in [1.165, 1.54) is 12.1 Å². The molecular formula is C15H15N3O3. The zero-order chi connectivity index (χ0) is 18.5. The van der Waals surface area contributed by atoms with Gasteiger partial charge in [-0.25, -0.2) is 4.98 Å². The van der Waals surface area contributed by atoms with Gasteiger partial charge in [-0.3, -0.25) is 19.0 Å². The van der Waals surface area contributed by atoms with E-state index in [0.29, 0.717) is 0 Å². The summed E-state index contributed by atoms with van der Waals surface area (Å²) in [7, 11) is 0. The molecule has 0 amide bonds. The summed E-state index contributed by atoms with van der Waals surface area (Å²) in [6.07, 6.45) is -5.03. The molecule has 1 heterocycles. The van der Waals surface area contributed by atoms with Gasteiger partial charge in [0.15, 0.2) is 5.78 Å². The molecule has 1 aliphatic carbocycles. The first kappa shape index (κ1) is 9.44. The number of carbonyl (C=O) groups is 2. The average molecular weight is 289 g/mol. The maximum absolute atomic E-state index is 12.9. The number of nitrogens with two attached hydrogens (primary N) is 1. The fraction of sp³-hybridized carbons (Fsp3) is 0.333. The highest BCUT2D eigenvalue weighted by Crippen LogP contribution is 2.24. The summed E-state index contributed by atoms with van der Waals surface area (Å²) in [5, 5.41) is 0.0155. The van der Waals surface area contributed by atoms with E-state index in [1.807, 2.05) is 0 Å². The molecule has 0 radical (unpaired) electrons. The van der Waals surface area contributed by atoms with Gasteiger partial charge in [0.05, 0.1) is 23.4 Å². The van der Waals surface area contributed by atoms with Gasteiger partial charge in [-0.2, -0.15) is 0 Å². The molecular weight excluding hydrogens is 270 g/mol. The first-order valence-electron chi connectivity index (χ1n) is 8.55. The molecule has 0 aliphatic heterocycles. The highest BCUT2D eigenvalue weighted by Gasteiger charge is 2.30. The number of aromatic nitrogens is 2. The van der Waals surface area contributed by atoms with E-state index in [9.17, 15) is 14.4 Å². The van der Waals surface area contributed by atoms with E-state index in [4.69, 9.17) is 11.2 Å². The van der Waals surface area contributed by atoms with Gasteiger partial charge in [0.25, 0.3) is 5.56 Å². The lowest BCUT2D eigenvalue weighted by atomic mass is 9.92. The number of hydrogen-bond donors (Lipinski definition) is 1. The third-order valence-corrected chi connectivity index (χ3v) is 3.35. The van der Waals surface area contributed by atoms with Crippen molar-refractivity contribution >= 4 is 28.2 Å². The van der Waals surface area contributed by atoms with Crippen LogP contribution in [0.4, 0.5) is 5.69 Å². The van der Waals surface area contributed by atoms with Crippen molar-refractivity contribution in [3.63, 3.8) is 0 Å². The molecule has 1 saturated carbocycles. The molecule has 1 aromatic carbocycles. The van der Waals surface area contributed by atoms with Gasteiger partial charge < -0.3 is 5.73 Å². The van der Waals surface area contributed by atoms with E-state index in [1.54, 1.807) is 6.07 Å². The maximum atomic E-state index is 12.9. The molecule has 0 bridgehead atoms. The van der Waals surface area contributed by atoms with Crippen molar-refractivity contribution < 1.29 is 15.1 Å². The average Bonchev–Trinajstić information content (AvgIpc) is 2.54. The third-order valence-electron chi connectivity index (χ3n) is 3.35. The van der Waals surface area contributed by atoms with Crippen molar-refractivity contribution in [2.45, 2.75) is 32.1 Å². The summed E-state index contributed by atoms with van der Waals surface area (Å²) in [4.78, 5) is 41.2. The SMILES string of the molecule is [2H]Cc1nc2cccc(N)c2c(=O)n1C1C(=O)CC(=O)C([2H])C1([2H])[2H]. The van der Waals surface area contributed by atoms with Crippen LogP contribution in [-0.2, 0) is 9.59 Å². The Labute approximate surface area is 126 Å². The number of rotatable bonds is 1. The third kappa shape index (κ3) is 2.12. The highest BCUT2D eigenvalue weighted by molar-refractivity contribution is 6.03. The summed E-state index contributed by atoms with van der Waals surface area (Å²) in [6, 6.07) is 2.90. The summed E-state index contributed by atoms with van der Waals surface area (Å²) in [5.74, 6) is -1.77. The molecule has 1 aromatic heterocycles. The molecule has 1 fully saturated rings. The fourth-order valence-electron chi connectivity index (χ4n) is 2.38. The minimum Gasteiger partial charge on any atom is -0.398 e. The number of fused-ring (bicyclic) bond motifs is 1. The molecule has 3 rings (SSSR count). The van der Waals surface area contributed by atoms with Crippen molar-refractivity contribution in [2.24, 2.45) is 0 Å². The molecule has 6 nitrogen and oxygen atoms in total. The topological polar surface area (TPSA) is 95.0 Å². The lowest BCUT2D eigenvalue weighted by molar-refractivity contribution is -0.132. The molecule has 1 aliphatic rings. The van der Waals surface area contributed by atoms with Gasteiger partial charge in [0, 0.05) is 17.6 Å². The van der Waals surface area contributed by atoms with Crippen molar-refractivity contribution in [3.8, 4) is 0 Å². The van der Waals surface area contributed by atoms with Gasteiger partial charge in [-0.15, -0.1) is 0 Å². The molecule has 2 unspecified atom stereocenters. The van der Waals surface area contributed by atoms with Gasteiger partial charge in [-0.1, -0.05) is 6.07 Å². The van der Waals surface area contributed by atoms with Gasteiger partial charge in [-0.05, 0) is 25.4 Å². The van der Waals surface area contributed by atoms with Gasteiger partial charge in [0.2, 0.25) is 0 Å². The molecule has 2 aromatic rings. The Morgan fingerprint density at radius 1 is 1.43 bits per heavy atom. The second-order valence-electron chi connectivity index (χ2n) is 4.77. The van der Waals surface area contributed by atoms with Crippen LogP contribution in [0.25, 0.3) is 10.9 Å². The number of nitrogen functional groups attached to an aromatic ring is 1. The Morgan fingerprint density at radius 2 is 2.24 bits per heavy atom. The van der Waals surface area contributed by atoms with Gasteiger partial charge in [0.1, 0.15) is 11.6 Å². The molecule has 0 spiro atoms. The lowest BCUT2D eigenvalue weighted by Crippen LogP contribution is -2.36. The Morgan fingerprint density at radius 3 is 3.00 bits per heavy atom. The van der Waals surface area contributed by atoms with Crippen molar-refractivity contribution in [1.82, 2.24) is 9.55 Å². The molecule has 2 atom stereocenters. The number of Topliss-reactive ketones (excluding diaryl/α,β-unsaturated/α-hetero) is 2. The molecule has 2 N–H and O–H groups in total. The molecule has 21 heavy (non-hydrogen) atoms. The minimum absolute atomic E-state index is 0.0155. The first-order valence-corrected chi connectivity index (χ1v) is 6.26. The minimum atomic E-state index is -2.60. The Hall–Kier alpha value is -2.50. The molecule has 108 valence electrons. The number of benzene rings is 1. The lowest BCUT2D eigenvalue weighted by Gasteiger charge is -2.24. The predicted molar refractivity (Wildman–Crippen MR) is 78.1 cm³/mol. The second-order valence-corrected chi connectivity index (χ2v) is 4.77. The predicted octanol–water partition coefficient (Wildman–Crippen LogP) is 1.15. The number of anilines is 1. The van der Waals surface area contributed by atoms with E-state index in [0.717, 1.165) is 4.57 Å². The van der Waals surface area contributed by atoms with Crippen LogP contribution in [0, 0.1) is 6.90 Å². The second kappa shape index (κ2) is 4.80. The summed E-state index contributed by atoms with van der Waals surface area (Å²) in [5.41, 5.74) is 5.43. The summed E-state index contributed by atoms with van der Waals surface area (Å²) in [6.45, 7) is -0.476. The normalized spacial score (nSPS) is 27.8. The Kier molecular flexibility index (Phi) is 2.16. The van der Waals surface area contributed by atoms with Crippen LogP contribution >= 0.6 is 0 Å². The van der Waals surface area contributed by atoms with Crippen LogP contribution in [-0.4, -0.2) is 21.1 Å².